The zero-order valence-electron chi connectivity index (χ0n) is 11.9. The molecule has 21 heavy (non-hydrogen) atoms. The summed E-state index contributed by atoms with van der Waals surface area (Å²) in [5.74, 6) is 0.236. The van der Waals surface area contributed by atoms with Gasteiger partial charge in [-0.05, 0) is 50.3 Å². The zero-order valence-corrected chi connectivity index (χ0v) is 12.8. The van der Waals surface area contributed by atoms with Crippen molar-refractivity contribution in [1.82, 2.24) is 0 Å². The number of benzene rings is 2. The van der Waals surface area contributed by atoms with Crippen LogP contribution in [0.3, 0.4) is 0 Å². The van der Waals surface area contributed by atoms with E-state index in [2.05, 4.69) is 27.6 Å². The summed E-state index contributed by atoms with van der Waals surface area (Å²) >= 11 is 4.53. The molecule has 0 amide bonds. The Morgan fingerprint density at radius 1 is 0.952 bits per heavy atom. The number of nitrogens with two attached hydrogens (primary N) is 1. The van der Waals surface area contributed by atoms with Crippen LogP contribution in [-0.4, -0.2) is 11.1 Å². The lowest BCUT2D eigenvalue weighted by molar-refractivity contribution is 1.18. The van der Waals surface area contributed by atoms with E-state index in [1.165, 1.54) is 11.1 Å². The van der Waals surface area contributed by atoms with Gasteiger partial charge in [0.1, 0.15) is 0 Å². The van der Waals surface area contributed by atoms with Gasteiger partial charge in [0, 0.05) is 11.4 Å². The second-order valence-corrected chi connectivity index (χ2v) is 4.84. The second kappa shape index (κ2) is 6.79. The first kappa shape index (κ1) is 14.9. The molecule has 0 aliphatic carbocycles. The Morgan fingerprint density at radius 3 is 1.76 bits per heavy atom. The van der Waals surface area contributed by atoms with Crippen LogP contribution in [0.5, 0.6) is 0 Å². The first-order valence-electron chi connectivity index (χ1n) is 6.45. The number of nitrogens with zero attached hydrogens (tertiary/aromatic N) is 3. The predicted molar refractivity (Wildman–Crippen MR) is 91.1 cm³/mol. The van der Waals surface area contributed by atoms with Gasteiger partial charge in [-0.1, -0.05) is 40.5 Å². The zero-order chi connectivity index (χ0) is 15.2. The molecule has 2 aromatic carbocycles. The van der Waals surface area contributed by atoms with Crippen LogP contribution in [0.25, 0.3) is 0 Å². The van der Waals surface area contributed by atoms with Crippen LogP contribution < -0.4 is 10.6 Å². The molecule has 0 saturated heterocycles. The quantitative estimate of drug-likeness (QED) is 0.406. The van der Waals surface area contributed by atoms with E-state index in [9.17, 15) is 0 Å². The number of rotatable bonds is 3. The van der Waals surface area contributed by atoms with Crippen molar-refractivity contribution in [3.63, 3.8) is 0 Å². The molecule has 2 rings (SSSR count). The Kier molecular flexibility index (Phi) is 4.82. The Morgan fingerprint density at radius 2 is 1.38 bits per heavy atom. The van der Waals surface area contributed by atoms with Gasteiger partial charge in [-0.3, -0.25) is 4.90 Å². The van der Waals surface area contributed by atoms with Gasteiger partial charge in [0.25, 0.3) is 0 Å². The largest absolute Gasteiger partial charge is 0.368 e. The van der Waals surface area contributed by atoms with Crippen LogP contribution in [0.4, 0.5) is 11.4 Å². The van der Waals surface area contributed by atoms with Gasteiger partial charge < -0.3 is 5.73 Å². The Hall–Kier alpha value is -2.49. The van der Waals surface area contributed by atoms with E-state index in [1.807, 2.05) is 67.3 Å². The highest BCUT2D eigenvalue weighted by molar-refractivity contribution is 7.78. The first-order valence-corrected chi connectivity index (χ1v) is 6.86. The Labute approximate surface area is 129 Å². The van der Waals surface area contributed by atoms with Crippen molar-refractivity contribution in [2.45, 2.75) is 13.8 Å². The molecule has 2 aromatic rings. The minimum atomic E-state index is 0.236. The second-order valence-electron chi connectivity index (χ2n) is 4.66. The van der Waals surface area contributed by atoms with Crippen molar-refractivity contribution in [3.8, 4) is 0 Å². The van der Waals surface area contributed by atoms with Crippen molar-refractivity contribution >= 4 is 34.7 Å². The van der Waals surface area contributed by atoms with Gasteiger partial charge in [0.2, 0.25) is 5.96 Å². The molecular weight excluding hydrogens is 280 g/mol. The highest BCUT2D eigenvalue weighted by Crippen LogP contribution is 2.25. The third kappa shape index (κ3) is 3.75. The molecule has 106 valence electrons. The summed E-state index contributed by atoms with van der Waals surface area (Å²) in [5, 5.41) is 9.62. The lowest BCUT2D eigenvalue weighted by Gasteiger charge is -2.23. The van der Waals surface area contributed by atoms with E-state index >= 15 is 0 Å². The van der Waals surface area contributed by atoms with E-state index < -0.39 is 0 Å². The van der Waals surface area contributed by atoms with Crippen LogP contribution in [0, 0.1) is 13.8 Å². The maximum atomic E-state index is 6.04. The fourth-order valence-corrected chi connectivity index (χ4v) is 1.96. The van der Waals surface area contributed by atoms with Crippen LogP contribution in [-0.2, 0) is 0 Å². The Bertz CT molecular complexity index is 638. The third-order valence-electron chi connectivity index (χ3n) is 3.01. The van der Waals surface area contributed by atoms with Crippen LogP contribution in [0.1, 0.15) is 11.1 Å². The molecule has 5 heteroatoms. The summed E-state index contributed by atoms with van der Waals surface area (Å²) in [6.07, 6.45) is 0. The minimum Gasteiger partial charge on any atom is -0.368 e. The molecule has 0 aliphatic heterocycles. The highest BCUT2D eigenvalue weighted by atomic mass is 32.1. The van der Waals surface area contributed by atoms with Crippen molar-refractivity contribution in [2.24, 2.45) is 15.9 Å². The van der Waals surface area contributed by atoms with Gasteiger partial charge in [0.15, 0.2) is 0 Å². The van der Waals surface area contributed by atoms with E-state index in [0.29, 0.717) is 0 Å². The summed E-state index contributed by atoms with van der Waals surface area (Å²) in [4.78, 5) is 1.81. The lowest BCUT2D eigenvalue weighted by Crippen LogP contribution is -2.33. The van der Waals surface area contributed by atoms with Crippen LogP contribution in [0.2, 0.25) is 0 Å². The number of isothiocyanates is 1. The van der Waals surface area contributed by atoms with Gasteiger partial charge in [-0.15, -0.1) is 5.10 Å². The fourth-order valence-electron chi connectivity index (χ4n) is 1.92. The monoisotopic (exact) mass is 296 g/mol. The van der Waals surface area contributed by atoms with Gasteiger partial charge in [0.05, 0.1) is 5.16 Å². The van der Waals surface area contributed by atoms with Gasteiger partial charge in [-0.2, -0.15) is 0 Å². The van der Waals surface area contributed by atoms with Crippen LogP contribution in [0.15, 0.2) is 58.7 Å². The molecule has 0 aromatic heterocycles. The molecule has 2 N–H and O–H groups in total. The molecule has 0 saturated carbocycles. The number of anilines is 2. The number of hydrogen-bond acceptors (Lipinski definition) is 3. The molecule has 0 radical (unpaired) electrons. The summed E-state index contributed by atoms with van der Waals surface area (Å²) in [6, 6.07) is 16.0. The average Bonchev–Trinajstić information content (AvgIpc) is 2.49. The van der Waals surface area contributed by atoms with Crippen LogP contribution >= 0.6 is 12.2 Å². The van der Waals surface area contributed by atoms with E-state index in [1.54, 1.807) is 0 Å². The molecule has 0 aliphatic rings. The van der Waals surface area contributed by atoms with Crippen molar-refractivity contribution in [3.05, 3.63) is 59.7 Å². The number of hydrogen-bond donors (Lipinski definition) is 1. The predicted octanol–water partition coefficient (Wildman–Crippen LogP) is 3.77. The lowest BCUT2D eigenvalue weighted by atomic mass is 10.2. The standard InChI is InChI=1S/C16H16N4S/c1-12-3-7-14(8-4-12)20(16(17)19-18-11-21)15-9-5-13(2)6-10-15/h3-10H,1-2H3,(H2,17,19). The number of guanidine groups is 1. The Balaban J connectivity index is 2.50. The smallest absolute Gasteiger partial charge is 0.226 e. The van der Waals surface area contributed by atoms with Crippen molar-refractivity contribution in [1.29, 1.82) is 0 Å². The molecule has 0 spiro atoms. The molecule has 0 atom stereocenters. The van der Waals surface area contributed by atoms with E-state index in [0.717, 1.165) is 11.4 Å². The SMILES string of the molecule is Cc1ccc(N(C(N)=NN=C=S)c2ccc(C)cc2)cc1. The summed E-state index contributed by atoms with van der Waals surface area (Å²) in [7, 11) is 0. The molecule has 0 fully saturated rings. The number of aryl methyl sites for hydroxylation is 2. The molecule has 0 heterocycles. The minimum absolute atomic E-state index is 0.236. The molecule has 0 bridgehead atoms. The van der Waals surface area contributed by atoms with E-state index in [-0.39, 0.29) is 5.96 Å². The summed E-state index contributed by atoms with van der Waals surface area (Å²) < 4.78 is 0. The summed E-state index contributed by atoms with van der Waals surface area (Å²) in [6.45, 7) is 4.07. The highest BCUT2D eigenvalue weighted by Gasteiger charge is 2.13. The molecule has 4 nitrogen and oxygen atoms in total. The van der Waals surface area contributed by atoms with Gasteiger partial charge in [-0.25, -0.2) is 0 Å². The number of thiocarbonyl (C=S) groups is 1. The summed E-state index contributed by atoms with van der Waals surface area (Å²) in [5.41, 5.74) is 10.2. The first-order chi connectivity index (χ1) is 10.1. The van der Waals surface area contributed by atoms with Gasteiger partial charge >= 0.3 is 0 Å². The normalized spacial score (nSPS) is 10.9. The third-order valence-corrected chi connectivity index (χ3v) is 3.09. The van der Waals surface area contributed by atoms with Crippen molar-refractivity contribution in [2.75, 3.05) is 4.90 Å². The maximum Gasteiger partial charge on any atom is 0.226 e. The van der Waals surface area contributed by atoms with E-state index in [4.69, 9.17) is 5.73 Å². The van der Waals surface area contributed by atoms with Crippen molar-refractivity contribution < 1.29 is 0 Å². The molecule has 0 unspecified atom stereocenters. The molecular formula is C16H16N4S. The fraction of sp³-hybridized carbons (Fsp3) is 0.125. The average molecular weight is 296 g/mol. The topological polar surface area (TPSA) is 54.0 Å². The maximum absolute atomic E-state index is 6.04.